The third kappa shape index (κ3) is 4.43. The van der Waals surface area contributed by atoms with E-state index in [1.807, 2.05) is 25.1 Å². The summed E-state index contributed by atoms with van der Waals surface area (Å²) >= 11 is 0. The number of sulfone groups is 1. The van der Waals surface area contributed by atoms with Gasteiger partial charge in [-0.25, -0.2) is 8.42 Å². The molecule has 2 rings (SSSR count). The van der Waals surface area contributed by atoms with Gasteiger partial charge in [0.2, 0.25) is 0 Å². The van der Waals surface area contributed by atoms with Crippen LogP contribution in [0.4, 0.5) is 0 Å². The molecule has 0 radical (unpaired) electrons. The SMILES string of the molecule is Cc1cccc(CCNC(=O)c2ccc(S(C)(=O)=O)cc2)c1. The molecule has 0 heterocycles. The number of aryl methyl sites for hydroxylation is 1. The van der Waals surface area contributed by atoms with Gasteiger partial charge in [-0.1, -0.05) is 29.8 Å². The molecule has 0 aliphatic rings. The third-order valence-corrected chi connectivity index (χ3v) is 4.45. The lowest BCUT2D eigenvalue weighted by atomic mass is 10.1. The predicted octanol–water partition coefficient (Wildman–Crippen LogP) is 2.37. The first-order chi connectivity index (χ1) is 10.4. The first kappa shape index (κ1) is 16.2. The van der Waals surface area contributed by atoms with Crippen LogP contribution in [0.15, 0.2) is 53.4 Å². The number of hydrogen-bond acceptors (Lipinski definition) is 3. The van der Waals surface area contributed by atoms with Crippen LogP contribution in [0.25, 0.3) is 0 Å². The van der Waals surface area contributed by atoms with Crippen LogP contribution < -0.4 is 5.32 Å². The molecule has 0 spiro atoms. The van der Waals surface area contributed by atoms with Crippen LogP contribution in [0.5, 0.6) is 0 Å². The minimum Gasteiger partial charge on any atom is -0.352 e. The molecule has 0 fully saturated rings. The lowest BCUT2D eigenvalue weighted by Gasteiger charge is -2.07. The predicted molar refractivity (Wildman–Crippen MR) is 86.8 cm³/mol. The van der Waals surface area contributed by atoms with Crippen LogP contribution in [0.3, 0.4) is 0 Å². The van der Waals surface area contributed by atoms with E-state index in [0.717, 1.165) is 12.7 Å². The molecule has 0 unspecified atom stereocenters. The monoisotopic (exact) mass is 317 g/mol. The van der Waals surface area contributed by atoms with Crippen LogP contribution in [-0.4, -0.2) is 27.1 Å². The number of nitrogens with one attached hydrogen (secondary N) is 1. The molecule has 0 aromatic heterocycles. The summed E-state index contributed by atoms with van der Waals surface area (Å²) in [5.41, 5.74) is 2.82. The number of rotatable bonds is 5. The summed E-state index contributed by atoms with van der Waals surface area (Å²) in [6, 6.07) is 14.1. The molecule has 22 heavy (non-hydrogen) atoms. The highest BCUT2D eigenvalue weighted by Gasteiger charge is 2.09. The standard InChI is InChI=1S/C17H19NO3S/c1-13-4-3-5-14(12-13)10-11-18-17(19)15-6-8-16(9-7-15)22(2,20)21/h3-9,12H,10-11H2,1-2H3,(H,18,19). The summed E-state index contributed by atoms with van der Waals surface area (Å²) in [6.45, 7) is 2.57. The molecule has 1 amide bonds. The second-order valence-electron chi connectivity index (χ2n) is 5.29. The fraction of sp³-hybridized carbons (Fsp3) is 0.235. The van der Waals surface area contributed by atoms with E-state index < -0.39 is 9.84 Å². The number of carbonyl (C=O) groups is 1. The van der Waals surface area contributed by atoms with Crippen molar-refractivity contribution in [3.05, 3.63) is 65.2 Å². The molecule has 0 saturated carbocycles. The highest BCUT2D eigenvalue weighted by Crippen LogP contribution is 2.10. The summed E-state index contributed by atoms with van der Waals surface area (Å²) in [6.07, 6.45) is 1.90. The molecule has 4 nitrogen and oxygen atoms in total. The number of benzene rings is 2. The van der Waals surface area contributed by atoms with Crippen molar-refractivity contribution in [3.63, 3.8) is 0 Å². The molecule has 0 aliphatic carbocycles. The normalized spacial score (nSPS) is 11.2. The van der Waals surface area contributed by atoms with Gasteiger partial charge in [-0.05, 0) is 43.2 Å². The maximum Gasteiger partial charge on any atom is 0.251 e. The Hall–Kier alpha value is -2.14. The Balaban J connectivity index is 1.92. The first-order valence-corrected chi connectivity index (χ1v) is 8.89. The van der Waals surface area contributed by atoms with Crippen LogP contribution in [0.1, 0.15) is 21.5 Å². The molecule has 2 aromatic carbocycles. The van der Waals surface area contributed by atoms with E-state index in [2.05, 4.69) is 11.4 Å². The van der Waals surface area contributed by atoms with E-state index in [1.165, 1.54) is 35.4 Å². The van der Waals surface area contributed by atoms with E-state index in [9.17, 15) is 13.2 Å². The van der Waals surface area contributed by atoms with Crippen molar-refractivity contribution < 1.29 is 13.2 Å². The summed E-state index contributed by atoms with van der Waals surface area (Å²) in [4.78, 5) is 12.2. The number of hydrogen-bond donors (Lipinski definition) is 1. The Morgan fingerprint density at radius 2 is 1.77 bits per heavy atom. The first-order valence-electron chi connectivity index (χ1n) is 7.00. The fourth-order valence-electron chi connectivity index (χ4n) is 2.14. The van der Waals surface area contributed by atoms with E-state index in [4.69, 9.17) is 0 Å². The van der Waals surface area contributed by atoms with Gasteiger partial charge >= 0.3 is 0 Å². The third-order valence-electron chi connectivity index (χ3n) is 3.33. The van der Waals surface area contributed by atoms with Gasteiger partial charge < -0.3 is 5.32 Å². The average molecular weight is 317 g/mol. The van der Waals surface area contributed by atoms with Crippen LogP contribution in [-0.2, 0) is 16.3 Å². The zero-order chi connectivity index (χ0) is 16.2. The van der Waals surface area contributed by atoms with Crippen LogP contribution in [0, 0.1) is 6.92 Å². The van der Waals surface area contributed by atoms with Crippen molar-refractivity contribution >= 4 is 15.7 Å². The summed E-state index contributed by atoms with van der Waals surface area (Å²) in [7, 11) is -3.23. The molecule has 0 aliphatic heterocycles. The molecular weight excluding hydrogens is 298 g/mol. The summed E-state index contributed by atoms with van der Waals surface area (Å²) in [5, 5.41) is 2.84. The molecule has 5 heteroatoms. The van der Waals surface area contributed by atoms with Gasteiger partial charge in [0.25, 0.3) is 5.91 Å². The maximum absolute atomic E-state index is 12.0. The van der Waals surface area contributed by atoms with Crippen molar-refractivity contribution in [2.45, 2.75) is 18.2 Å². The van der Waals surface area contributed by atoms with Crippen molar-refractivity contribution in [1.29, 1.82) is 0 Å². The minimum atomic E-state index is -3.23. The van der Waals surface area contributed by atoms with Gasteiger partial charge in [-0.15, -0.1) is 0 Å². The Kier molecular flexibility index (Phi) is 4.98. The quantitative estimate of drug-likeness (QED) is 0.921. The molecule has 116 valence electrons. The Bertz CT molecular complexity index is 765. The molecule has 1 N–H and O–H groups in total. The minimum absolute atomic E-state index is 0.201. The van der Waals surface area contributed by atoms with Crippen LogP contribution in [0.2, 0.25) is 0 Å². The molecule has 0 bridgehead atoms. The van der Waals surface area contributed by atoms with Crippen molar-refractivity contribution in [3.8, 4) is 0 Å². The molecular formula is C17H19NO3S. The number of amides is 1. The van der Waals surface area contributed by atoms with Crippen molar-refractivity contribution in [2.75, 3.05) is 12.8 Å². The lowest BCUT2D eigenvalue weighted by Crippen LogP contribution is -2.25. The largest absolute Gasteiger partial charge is 0.352 e. The Labute approximate surface area is 131 Å². The molecule has 0 saturated heterocycles. The van der Waals surface area contributed by atoms with Gasteiger partial charge in [0.05, 0.1) is 4.90 Å². The van der Waals surface area contributed by atoms with Gasteiger partial charge in [0.1, 0.15) is 0 Å². The van der Waals surface area contributed by atoms with Crippen molar-refractivity contribution in [2.24, 2.45) is 0 Å². The second-order valence-corrected chi connectivity index (χ2v) is 7.31. The zero-order valence-electron chi connectivity index (χ0n) is 12.7. The maximum atomic E-state index is 12.0. The van der Waals surface area contributed by atoms with Gasteiger partial charge in [0.15, 0.2) is 9.84 Å². The number of carbonyl (C=O) groups excluding carboxylic acids is 1. The highest BCUT2D eigenvalue weighted by molar-refractivity contribution is 7.90. The van der Waals surface area contributed by atoms with E-state index in [0.29, 0.717) is 12.1 Å². The van der Waals surface area contributed by atoms with E-state index in [1.54, 1.807) is 0 Å². The van der Waals surface area contributed by atoms with Gasteiger partial charge in [0, 0.05) is 18.4 Å². The lowest BCUT2D eigenvalue weighted by molar-refractivity contribution is 0.0954. The van der Waals surface area contributed by atoms with Gasteiger partial charge in [-0.2, -0.15) is 0 Å². The van der Waals surface area contributed by atoms with Gasteiger partial charge in [-0.3, -0.25) is 4.79 Å². The second kappa shape index (κ2) is 6.75. The topological polar surface area (TPSA) is 63.2 Å². The Morgan fingerprint density at radius 1 is 1.09 bits per heavy atom. The fourth-order valence-corrected chi connectivity index (χ4v) is 2.77. The van der Waals surface area contributed by atoms with Crippen LogP contribution >= 0.6 is 0 Å². The smallest absolute Gasteiger partial charge is 0.251 e. The van der Waals surface area contributed by atoms with Crippen molar-refractivity contribution in [1.82, 2.24) is 5.32 Å². The summed E-state index contributed by atoms with van der Waals surface area (Å²) < 4.78 is 22.7. The molecule has 2 aromatic rings. The van der Waals surface area contributed by atoms with E-state index in [-0.39, 0.29) is 10.8 Å². The molecule has 0 atom stereocenters. The average Bonchev–Trinajstić information content (AvgIpc) is 2.46. The zero-order valence-corrected chi connectivity index (χ0v) is 13.5. The highest BCUT2D eigenvalue weighted by atomic mass is 32.2. The summed E-state index contributed by atoms with van der Waals surface area (Å²) in [5.74, 6) is -0.201. The Morgan fingerprint density at radius 3 is 2.36 bits per heavy atom. The van der Waals surface area contributed by atoms with E-state index >= 15 is 0 Å².